The van der Waals surface area contributed by atoms with Crippen LogP contribution in [-0.2, 0) is 6.54 Å². The van der Waals surface area contributed by atoms with Crippen LogP contribution < -0.4 is 5.32 Å². The van der Waals surface area contributed by atoms with Crippen LogP contribution in [0.5, 0.6) is 0 Å². The van der Waals surface area contributed by atoms with Crippen molar-refractivity contribution in [1.29, 1.82) is 0 Å². The molecule has 3 saturated heterocycles. The SMILES string of the molecule is Cl.Cl.O=C(c1ccc(CN2CCCC2)o1)N1C[C@@H]2CNC[C@@H]2[C@H]1c1ccccc1. The first-order chi connectivity index (χ1) is 13.3. The third kappa shape index (κ3) is 4.33. The summed E-state index contributed by atoms with van der Waals surface area (Å²) in [4.78, 5) is 17.8. The minimum atomic E-state index is 0. The highest BCUT2D eigenvalue weighted by Gasteiger charge is 2.47. The van der Waals surface area contributed by atoms with Gasteiger partial charge in [-0.15, -0.1) is 24.8 Å². The van der Waals surface area contributed by atoms with Crippen molar-refractivity contribution in [3.63, 3.8) is 0 Å². The van der Waals surface area contributed by atoms with E-state index < -0.39 is 0 Å². The largest absolute Gasteiger partial charge is 0.455 e. The first-order valence-corrected chi connectivity index (χ1v) is 10.2. The molecule has 3 atom stereocenters. The van der Waals surface area contributed by atoms with Crippen LogP contribution in [0, 0.1) is 11.8 Å². The molecule has 0 aliphatic carbocycles. The van der Waals surface area contributed by atoms with Crippen molar-refractivity contribution in [3.05, 3.63) is 59.5 Å². The van der Waals surface area contributed by atoms with E-state index in [1.165, 1.54) is 18.4 Å². The van der Waals surface area contributed by atoms with Crippen molar-refractivity contribution < 1.29 is 9.21 Å². The second kappa shape index (κ2) is 9.52. The number of rotatable bonds is 4. The molecule has 1 aromatic carbocycles. The normalized spacial score (nSPS) is 26.1. The van der Waals surface area contributed by atoms with E-state index in [-0.39, 0.29) is 36.8 Å². The van der Waals surface area contributed by atoms with Gasteiger partial charge in [0.2, 0.25) is 0 Å². The monoisotopic (exact) mass is 437 g/mol. The minimum absolute atomic E-state index is 0. The average molecular weight is 438 g/mol. The summed E-state index contributed by atoms with van der Waals surface area (Å²) >= 11 is 0. The fourth-order valence-corrected chi connectivity index (χ4v) is 5.09. The molecular formula is C22H29Cl2N3O2. The molecule has 1 amide bonds. The molecule has 7 heteroatoms. The maximum Gasteiger partial charge on any atom is 0.290 e. The molecule has 0 spiro atoms. The topological polar surface area (TPSA) is 48.7 Å². The number of nitrogens with zero attached hydrogens (tertiary/aromatic N) is 2. The molecule has 1 N–H and O–H groups in total. The maximum absolute atomic E-state index is 13.3. The Hall–Kier alpha value is -1.53. The first-order valence-electron chi connectivity index (χ1n) is 10.2. The van der Waals surface area contributed by atoms with Crippen molar-refractivity contribution >= 4 is 30.7 Å². The van der Waals surface area contributed by atoms with Gasteiger partial charge >= 0.3 is 0 Å². The summed E-state index contributed by atoms with van der Waals surface area (Å²) in [5.74, 6) is 2.43. The van der Waals surface area contributed by atoms with Gasteiger partial charge < -0.3 is 14.6 Å². The number of halogens is 2. The van der Waals surface area contributed by atoms with Gasteiger partial charge in [0.25, 0.3) is 5.91 Å². The van der Waals surface area contributed by atoms with Crippen LogP contribution in [0.15, 0.2) is 46.9 Å². The van der Waals surface area contributed by atoms with Gasteiger partial charge in [0.05, 0.1) is 12.6 Å². The molecule has 3 aliphatic rings. The Morgan fingerprint density at radius 3 is 2.55 bits per heavy atom. The number of likely N-dealkylation sites (tertiary alicyclic amines) is 2. The highest BCUT2D eigenvalue weighted by Crippen LogP contribution is 2.43. The molecule has 3 aliphatic heterocycles. The quantitative estimate of drug-likeness (QED) is 0.790. The van der Waals surface area contributed by atoms with E-state index in [9.17, 15) is 4.79 Å². The predicted octanol–water partition coefficient (Wildman–Crippen LogP) is 3.75. The van der Waals surface area contributed by atoms with E-state index in [1.54, 1.807) is 0 Å². The van der Waals surface area contributed by atoms with Crippen LogP contribution in [0.2, 0.25) is 0 Å². The van der Waals surface area contributed by atoms with Gasteiger partial charge in [-0.2, -0.15) is 0 Å². The van der Waals surface area contributed by atoms with Crippen molar-refractivity contribution in [1.82, 2.24) is 15.1 Å². The molecule has 0 saturated carbocycles. The zero-order valence-electron chi connectivity index (χ0n) is 16.5. The number of amides is 1. The molecule has 158 valence electrons. The summed E-state index contributed by atoms with van der Waals surface area (Å²) in [6.45, 7) is 5.84. The van der Waals surface area contributed by atoms with E-state index >= 15 is 0 Å². The second-order valence-electron chi connectivity index (χ2n) is 8.14. The lowest BCUT2D eigenvalue weighted by atomic mass is 9.89. The zero-order chi connectivity index (χ0) is 18.2. The van der Waals surface area contributed by atoms with Crippen LogP contribution in [0.4, 0.5) is 0 Å². The van der Waals surface area contributed by atoms with Gasteiger partial charge in [0.15, 0.2) is 5.76 Å². The van der Waals surface area contributed by atoms with E-state index in [0.29, 0.717) is 17.6 Å². The molecular weight excluding hydrogens is 409 g/mol. The fourth-order valence-electron chi connectivity index (χ4n) is 5.09. The fraction of sp³-hybridized carbons (Fsp3) is 0.500. The lowest BCUT2D eigenvalue weighted by Crippen LogP contribution is -2.34. The minimum Gasteiger partial charge on any atom is -0.455 e. The Morgan fingerprint density at radius 2 is 1.79 bits per heavy atom. The van der Waals surface area contributed by atoms with Crippen LogP contribution in [0.25, 0.3) is 0 Å². The number of carbonyl (C=O) groups excluding carboxylic acids is 1. The molecule has 0 unspecified atom stereocenters. The Kier molecular flexibility index (Phi) is 7.28. The number of carbonyl (C=O) groups is 1. The van der Waals surface area contributed by atoms with Crippen LogP contribution in [-0.4, -0.2) is 48.4 Å². The van der Waals surface area contributed by atoms with Gasteiger partial charge in [0.1, 0.15) is 5.76 Å². The van der Waals surface area contributed by atoms with Crippen molar-refractivity contribution in [2.45, 2.75) is 25.4 Å². The Balaban J connectivity index is 0.00000120. The lowest BCUT2D eigenvalue weighted by Gasteiger charge is -2.27. The van der Waals surface area contributed by atoms with Gasteiger partial charge in [0, 0.05) is 25.6 Å². The molecule has 0 radical (unpaired) electrons. The summed E-state index contributed by atoms with van der Waals surface area (Å²) < 4.78 is 5.98. The van der Waals surface area contributed by atoms with Crippen molar-refractivity contribution in [2.24, 2.45) is 11.8 Å². The molecule has 1 aromatic heterocycles. The summed E-state index contributed by atoms with van der Waals surface area (Å²) in [6, 6.07) is 14.4. The summed E-state index contributed by atoms with van der Waals surface area (Å²) in [6.07, 6.45) is 2.52. The number of hydrogen-bond donors (Lipinski definition) is 1. The predicted molar refractivity (Wildman–Crippen MR) is 118 cm³/mol. The van der Waals surface area contributed by atoms with Gasteiger partial charge in [-0.05, 0) is 49.5 Å². The maximum atomic E-state index is 13.3. The average Bonchev–Trinajstić information content (AvgIpc) is 3.47. The second-order valence-corrected chi connectivity index (χ2v) is 8.14. The number of fused-ring (bicyclic) bond motifs is 1. The van der Waals surface area contributed by atoms with Gasteiger partial charge in [-0.25, -0.2) is 0 Å². The summed E-state index contributed by atoms with van der Waals surface area (Å²) in [7, 11) is 0. The number of furan rings is 1. The van der Waals surface area contributed by atoms with Crippen LogP contribution >= 0.6 is 24.8 Å². The van der Waals surface area contributed by atoms with E-state index in [1.807, 2.05) is 23.1 Å². The third-order valence-corrected chi connectivity index (χ3v) is 6.42. The smallest absolute Gasteiger partial charge is 0.290 e. The molecule has 0 bridgehead atoms. The highest BCUT2D eigenvalue weighted by atomic mass is 35.5. The molecule has 4 heterocycles. The zero-order valence-corrected chi connectivity index (χ0v) is 18.1. The summed E-state index contributed by atoms with van der Waals surface area (Å²) in [5.41, 5.74) is 1.23. The van der Waals surface area contributed by atoms with Gasteiger partial charge in [-0.3, -0.25) is 9.69 Å². The van der Waals surface area contributed by atoms with E-state index in [0.717, 1.165) is 45.0 Å². The number of hydrogen-bond acceptors (Lipinski definition) is 4. The molecule has 29 heavy (non-hydrogen) atoms. The van der Waals surface area contributed by atoms with Crippen molar-refractivity contribution in [3.8, 4) is 0 Å². The molecule has 3 fully saturated rings. The number of benzene rings is 1. The summed E-state index contributed by atoms with van der Waals surface area (Å²) in [5, 5.41) is 3.50. The molecule has 5 rings (SSSR count). The first kappa shape index (κ1) is 22.2. The van der Waals surface area contributed by atoms with E-state index in [2.05, 4.69) is 34.5 Å². The standard InChI is InChI=1S/C22H27N3O2.2ClH/c26-22(20-9-8-18(27-20)15-24-10-4-5-11-24)25-14-17-12-23-13-19(17)21(25)16-6-2-1-3-7-16;;/h1-3,6-9,17,19,21,23H,4-5,10-15H2;2*1H/t17-,19-,21+;;/m0../s1. The van der Waals surface area contributed by atoms with Crippen LogP contribution in [0.1, 0.15) is 40.8 Å². The Labute approximate surface area is 184 Å². The van der Waals surface area contributed by atoms with Gasteiger partial charge in [-0.1, -0.05) is 30.3 Å². The van der Waals surface area contributed by atoms with Crippen LogP contribution in [0.3, 0.4) is 0 Å². The lowest BCUT2D eigenvalue weighted by molar-refractivity contribution is 0.0678. The Morgan fingerprint density at radius 1 is 1.03 bits per heavy atom. The van der Waals surface area contributed by atoms with Crippen molar-refractivity contribution in [2.75, 3.05) is 32.7 Å². The van der Waals surface area contributed by atoms with E-state index in [4.69, 9.17) is 4.42 Å². The Bertz CT molecular complexity index is 807. The highest BCUT2D eigenvalue weighted by molar-refractivity contribution is 5.92. The molecule has 2 aromatic rings. The third-order valence-electron chi connectivity index (χ3n) is 6.42. The number of nitrogens with one attached hydrogen (secondary N) is 1. The molecule has 5 nitrogen and oxygen atoms in total.